The summed E-state index contributed by atoms with van der Waals surface area (Å²) >= 11 is 0. The Labute approximate surface area is 164 Å². The van der Waals surface area contributed by atoms with E-state index in [1.807, 2.05) is 24.3 Å². The first kappa shape index (κ1) is 19.5. The molecule has 2 aromatic carbocycles. The molecular formula is C21H25N3O4. The van der Waals surface area contributed by atoms with E-state index < -0.39 is 6.04 Å². The largest absolute Gasteiger partial charge is 0.497 e. The average molecular weight is 383 g/mol. The van der Waals surface area contributed by atoms with Gasteiger partial charge in [-0.1, -0.05) is 0 Å². The zero-order chi connectivity index (χ0) is 20.1. The molecule has 1 aliphatic heterocycles. The Bertz CT molecular complexity index is 851. The Morgan fingerprint density at radius 3 is 2.46 bits per heavy atom. The summed E-state index contributed by atoms with van der Waals surface area (Å²) in [4.78, 5) is 26.2. The lowest BCUT2D eigenvalue weighted by Crippen LogP contribution is -2.32. The molecule has 1 saturated heterocycles. The highest BCUT2D eigenvalue weighted by Crippen LogP contribution is 2.29. The Kier molecular flexibility index (Phi) is 6.03. The number of nitrogens with zero attached hydrogens (tertiary/aromatic N) is 1. The first-order valence-corrected chi connectivity index (χ1v) is 9.21. The van der Waals surface area contributed by atoms with Gasteiger partial charge in [0.25, 0.3) is 0 Å². The first-order valence-electron chi connectivity index (χ1n) is 9.21. The molecule has 1 atom stereocenters. The zero-order valence-electron chi connectivity index (χ0n) is 16.3. The molecule has 0 bridgehead atoms. The van der Waals surface area contributed by atoms with Gasteiger partial charge < -0.3 is 25.0 Å². The van der Waals surface area contributed by atoms with Crippen LogP contribution < -0.4 is 25.0 Å². The lowest BCUT2D eigenvalue weighted by Gasteiger charge is -2.19. The molecule has 1 aliphatic rings. The minimum absolute atomic E-state index is 0.153. The molecule has 0 radical (unpaired) electrons. The third-order valence-corrected chi connectivity index (χ3v) is 4.69. The topological polar surface area (TPSA) is 79.9 Å². The molecule has 3 rings (SSSR count). The van der Waals surface area contributed by atoms with Crippen LogP contribution in [0.25, 0.3) is 0 Å². The predicted molar refractivity (Wildman–Crippen MR) is 109 cm³/mol. The number of nitrogens with one attached hydrogen (secondary N) is 2. The van der Waals surface area contributed by atoms with Gasteiger partial charge >= 0.3 is 0 Å². The van der Waals surface area contributed by atoms with E-state index in [-0.39, 0.29) is 11.8 Å². The summed E-state index contributed by atoms with van der Waals surface area (Å²) in [5, 5.41) is 6.03. The van der Waals surface area contributed by atoms with Crippen molar-refractivity contribution in [2.45, 2.75) is 25.8 Å². The summed E-state index contributed by atoms with van der Waals surface area (Å²) in [6.07, 6.45) is 1.49. The fraction of sp³-hybridized carbons (Fsp3) is 0.333. The minimum Gasteiger partial charge on any atom is -0.497 e. The fourth-order valence-corrected chi connectivity index (χ4v) is 3.13. The van der Waals surface area contributed by atoms with E-state index in [0.29, 0.717) is 23.6 Å². The van der Waals surface area contributed by atoms with Gasteiger partial charge in [-0.15, -0.1) is 0 Å². The van der Waals surface area contributed by atoms with Crippen molar-refractivity contribution < 1.29 is 19.1 Å². The Morgan fingerprint density at radius 1 is 1.11 bits per heavy atom. The summed E-state index contributed by atoms with van der Waals surface area (Å²) in [5.74, 6) is 1.13. The molecule has 0 aliphatic carbocycles. The van der Waals surface area contributed by atoms with E-state index in [2.05, 4.69) is 10.6 Å². The number of hydrogen-bond donors (Lipinski definition) is 2. The van der Waals surface area contributed by atoms with Gasteiger partial charge in [0.1, 0.15) is 17.5 Å². The van der Waals surface area contributed by atoms with Crippen LogP contribution in [0.5, 0.6) is 11.5 Å². The van der Waals surface area contributed by atoms with Crippen LogP contribution in [0.3, 0.4) is 0 Å². The van der Waals surface area contributed by atoms with Gasteiger partial charge in [-0.25, -0.2) is 0 Å². The van der Waals surface area contributed by atoms with Crippen LogP contribution in [0, 0.1) is 0 Å². The summed E-state index contributed by atoms with van der Waals surface area (Å²) in [6.45, 7) is 2.53. The van der Waals surface area contributed by atoms with Crippen LogP contribution in [-0.2, 0) is 9.59 Å². The van der Waals surface area contributed by atoms with E-state index in [4.69, 9.17) is 9.47 Å². The summed E-state index contributed by atoms with van der Waals surface area (Å²) in [6, 6.07) is 12.3. The van der Waals surface area contributed by atoms with Crippen molar-refractivity contribution in [1.82, 2.24) is 0 Å². The second-order valence-corrected chi connectivity index (χ2v) is 6.62. The monoisotopic (exact) mass is 383 g/mol. The standard InChI is InChI=1S/C21H25N3O4/c1-14(21(26)23-18-13-17(27-2)10-11-19(18)28-3)22-15-6-8-16(9-7-15)24-12-4-5-20(24)25/h6-11,13-14,22H,4-5,12H2,1-3H3,(H,23,26). The number of benzene rings is 2. The van der Waals surface area contributed by atoms with E-state index >= 15 is 0 Å². The highest BCUT2D eigenvalue weighted by atomic mass is 16.5. The summed E-state index contributed by atoms with van der Waals surface area (Å²) in [5.41, 5.74) is 2.23. The number of methoxy groups -OCH3 is 2. The van der Waals surface area contributed by atoms with E-state index in [1.165, 1.54) is 0 Å². The summed E-state index contributed by atoms with van der Waals surface area (Å²) < 4.78 is 10.5. The lowest BCUT2D eigenvalue weighted by atomic mass is 10.2. The number of carbonyl (C=O) groups excluding carboxylic acids is 2. The normalized spacial score (nSPS) is 14.5. The molecule has 1 fully saturated rings. The van der Waals surface area contributed by atoms with Crippen molar-refractivity contribution in [2.75, 3.05) is 36.3 Å². The van der Waals surface area contributed by atoms with E-state index in [9.17, 15) is 9.59 Å². The molecule has 7 nitrogen and oxygen atoms in total. The molecule has 0 aromatic heterocycles. The van der Waals surface area contributed by atoms with Gasteiger partial charge in [-0.2, -0.15) is 0 Å². The maximum atomic E-state index is 12.6. The Hall–Kier alpha value is -3.22. The molecule has 148 valence electrons. The van der Waals surface area contributed by atoms with Crippen LogP contribution in [0.15, 0.2) is 42.5 Å². The average Bonchev–Trinajstić information content (AvgIpc) is 3.14. The molecule has 7 heteroatoms. The molecule has 28 heavy (non-hydrogen) atoms. The van der Waals surface area contributed by atoms with Crippen molar-refractivity contribution in [3.63, 3.8) is 0 Å². The second kappa shape index (κ2) is 8.65. The van der Waals surface area contributed by atoms with Crippen molar-refractivity contribution in [1.29, 1.82) is 0 Å². The second-order valence-electron chi connectivity index (χ2n) is 6.62. The quantitative estimate of drug-likeness (QED) is 0.767. The number of amides is 2. The van der Waals surface area contributed by atoms with Gasteiger partial charge in [0.05, 0.1) is 19.9 Å². The molecular weight excluding hydrogens is 358 g/mol. The molecule has 0 spiro atoms. The van der Waals surface area contributed by atoms with Gasteiger partial charge in [-0.3, -0.25) is 9.59 Å². The molecule has 1 heterocycles. The van der Waals surface area contributed by atoms with E-state index in [1.54, 1.807) is 44.2 Å². The third-order valence-electron chi connectivity index (χ3n) is 4.69. The fourth-order valence-electron chi connectivity index (χ4n) is 3.13. The van der Waals surface area contributed by atoms with Gasteiger partial charge in [-0.05, 0) is 49.7 Å². The maximum Gasteiger partial charge on any atom is 0.246 e. The van der Waals surface area contributed by atoms with Crippen molar-refractivity contribution >= 4 is 28.9 Å². The van der Waals surface area contributed by atoms with Gasteiger partial charge in [0, 0.05) is 30.4 Å². The molecule has 2 amide bonds. The maximum absolute atomic E-state index is 12.6. The molecule has 2 N–H and O–H groups in total. The third kappa shape index (κ3) is 4.36. The van der Waals surface area contributed by atoms with Crippen LogP contribution >= 0.6 is 0 Å². The van der Waals surface area contributed by atoms with Gasteiger partial charge in [0.2, 0.25) is 11.8 Å². The number of anilines is 3. The smallest absolute Gasteiger partial charge is 0.246 e. The van der Waals surface area contributed by atoms with Crippen LogP contribution in [0.1, 0.15) is 19.8 Å². The predicted octanol–water partition coefficient (Wildman–Crippen LogP) is 3.27. The van der Waals surface area contributed by atoms with Crippen LogP contribution in [-0.4, -0.2) is 38.6 Å². The zero-order valence-corrected chi connectivity index (χ0v) is 16.3. The summed E-state index contributed by atoms with van der Waals surface area (Å²) in [7, 11) is 3.11. The number of ether oxygens (including phenoxy) is 2. The van der Waals surface area contributed by atoms with Crippen LogP contribution in [0.4, 0.5) is 17.1 Å². The number of carbonyl (C=O) groups is 2. The van der Waals surface area contributed by atoms with Crippen LogP contribution in [0.2, 0.25) is 0 Å². The highest BCUT2D eigenvalue weighted by molar-refractivity contribution is 5.98. The Morgan fingerprint density at radius 2 is 1.86 bits per heavy atom. The SMILES string of the molecule is COc1ccc(OC)c(NC(=O)C(C)Nc2ccc(N3CCCC3=O)cc2)c1. The lowest BCUT2D eigenvalue weighted by molar-refractivity contribution is -0.117. The number of hydrogen-bond acceptors (Lipinski definition) is 5. The first-order chi connectivity index (χ1) is 13.5. The highest BCUT2D eigenvalue weighted by Gasteiger charge is 2.21. The molecule has 0 saturated carbocycles. The molecule has 2 aromatic rings. The molecule has 1 unspecified atom stereocenters. The van der Waals surface area contributed by atoms with Gasteiger partial charge in [0.15, 0.2) is 0 Å². The Balaban J connectivity index is 1.63. The number of rotatable bonds is 7. The van der Waals surface area contributed by atoms with Crippen molar-refractivity contribution in [3.05, 3.63) is 42.5 Å². The van der Waals surface area contributed by atoms with Crippen molar-refractivity contribution in [3.8, 4) is 11.5 Å². The van der Waals surface area contributed by atoms with E-state index in [0.717, 1.165) is 24.3 Å². The van der Waals surface area contributed by atoms with Crippen molar-refractivity contribution in [2.24, 2.45) is 0 Å². The minimum atomic E-state index is -0.477.